The lowest BCUT2D eigenvalue weighted by molar-refractivity contribution is -0.216. The molecule has 396 valence electrons. The number of unbranched alkanes of at least 4 members (excludes halogenated alkanes) is 19. The number of aliphatic hydroxyl groups is 4. The Hall–Kier alpha value is -1.82. The summed E-state index contributed by atoms with van der Waals surface area (Å²) in [5, 5.41) is 41.3. The van der Waals surface area contributed by atoms with Crippen molar-refractivity contribution in [3.05, 3.63) is 36.5 Å². The molecule has 7 N–H and O–H groups in total. The van der Waals surface area contributed by atoms with Crippen LogP contribution in [0, 0.1) is 0 Å². The first-order chi connectivity index (χ1) is 32.6. The molecule has 10 atom stereocenters. The molecular weight excluding hydrogens is 922 g/mol. The Morgan fingerprint density at radius 3 is 1.59 bits per heavy atom. The van der Waals surface area contributed by atoms with Crippen LogP contribution in [-0.2, 0) is 46.5 Å². The van der Waals surface area contributed by atoms with Crippen LogP contribution in [0.3, 0.4) is 0 Å². The molecular formula is C49H88O17P2. The number of phosphoric acid groups is 2. The zero-order valence-electron chi connectivity index (χ0n) is 41.0. The van der Waals surface area contributed by atoms with Gasteiger partial charge in [-0.2, -0.15) is 0 Å². The Kier molecular flexibility index (Phi) is 33.9. The van der Waals surface area contributed by atoms with Crippen molar-refractivity contribution in [3.8, 4) is 0 Å². The number of ether oxygens (including phenoxy) is 3. The summed E-state index contributed by atoms with van der Waals surface area (Å²) in [5.41, 5.74) is 0. The van der Waals surface area contributed by atoms with Gasteiger partial charge in [0.15, 0.2) is 6.10 Å². The third kappa shape index (κ3) is 30.1. The standard InChI is InChI=1S/C49H88O17P2/c1-3-5-7-9-11-12-13-14-15-16-17-18-19-20-21-22-23-27-32-36-43(51)63-39(38-62-68(59,60)66-49-46(54)44(52)45(53)48(47(49)55)65-67(56,57)58)37-61-42(50)35-31-28-24-26-30-34-41-40(64-41)33-29-25-10-8-6-4-2/h11-12,14-15,25,29,39-41,44-49,52-55H,3-10,13,16-24,26-28,30-38H2,1-2H3,(H,59,60)(H2,56,57,58)/b12-11-,15-14-,29-25-/t39-,40?,41?,44?,45?,46?,47?,48-,49+/m1/s1. The molecule has 1 saturated carbocycles. The van der Waals surface area contributed by atoms with E-state index in [0.717, 1.165) is 96.3 Å². The topological polar surface area (TPSA) is 269 Å². The van der Waals surface area contributed by atoms with E-state index in [-0.39, 0.29) is 12.8 Å². The molecule has 0 aromatic carbocycles. The van der Waals surface area contributed by atoms with Crippen LogP contribution in [0.25, 0.3) is 0 Å². The van der Waals surface area contributed by atoms with Crippen molar-refractivity contribution in [2.75, 3.05) is 13.2 Å². The predicted octanol–water partition coefficient (Wildman–Crippen LogP) is 9.28. The van der Waals surface area contributed by atoms with E-state index in [0.29, 0.717) is 25.0 Å². The van der Waals surface area contributed by atoms with Crippen LogP contribution in [-0.4, -0.2) is 115 Å². The average Bonchev–Trinajstić information content (AvgIpc) is 4.05. The second-order valence-corrected chi connectivity index (χ2v) is 20.9. The van der Waals surface area contributed by atoms with Gasteiger partial charge in [0.1, 0.15) is 43.2 Å². The minimum absolute atomic E-state index is 0.0330. The van der Waals surface area contributed by atoms with Crippen LogP contribution in [0.4, 0.5) is 0 Å². The normalized spacial score (nSPS) is 24.5. The number of allylic oxidation sites excluding steroid dienone is 5. The van der Waals surface area contributed by atoms with Gasteiger partial charge in [0, 0.05) is 12.8 Å². The van der Waals surface area contributed by atoms with Gasteiger partial charge in [-0.1, -0.05) is 147 Å². The highest BCUT2D eigenvalue weighted by molar-refractivity contribution is 7.47. The molecule has 0 bridgehead atoms. The summed E-state index contributed by atoms with van der Waals surface area (Å²) in [6.45, 7) is 3.05. The molecule has 1 aliphatic heterocycles. The molecule has 0 radical (unpaired) electrons. The Morgan fingerprint density at radius 2 is 1.03 bits per heavy atom. The molecule has 7 unspecified atom stereocenters. The second-order valence-electron chi connectivity index (χ2n) is 18.3. The van der Waals surface area contributed by atoms with E-state index in [1.54, 1.807) is 0 Å². The number of epoxide rings is 1. The molecule has 1 heterocycles. The van der Waals surface area contributed by atoms with E-state index < -0.39 is 83.5 Å². The highest BCUT2D eigenvalue weighted by Crippen LogP contribution is 2.49. The zero-order valence-corrected chi connectivity index (χ0v) is 42.8. The van der Waals surface area contributed by atoms with Crippen molar-refractivity contribution in [2.45, 2.75) is 249 Å². The smallest absolute Gasteiger partial charge is 0.462 e. The van der Waals surface area contributed by atoms with Gasteiger partial charge in [-0.25, -0.2) is 9.13 Å². The summed E-state index contributed by atoms with van der Waals surface area (Å²) in [5.74, 6) is -1.23. The van der Waals surface area contributed by atoms with Crippen LogP contribution in [0.5, 0.6) is 0 Å². The molecule has 2 aliphatic rings. The van der Waals surface area contributed by atoms with Gasteiger partial charge >= 0.3 is 27.6 Å². The lowest BCUT2D eigenvalue weighted by atomic mass is 9.85. The van der Waals surface area contributed by atoms with Gasteiger partial charge in [0.05, 0.1) is 18.8 Å². The van der Waals surface area contributed by atoms with Crippen molar-refractivity contribution in [1.29, 1.82) is 0 Å². The van der Waals surface area contributed by atoms with E-state index in [4.69, 9.17) is 23.3 Å². The van der Waals surface area contributed by atoms with Gasteiger partial charge in [0.2, 0.25) is 0 Å². The first kappa shape index (κ1) is 62.3. The van der Waals surface area contributed by atoms with Crippen LogP contribution in [0.15, 0.2) is 36.5 Å². The maximum atomic E-state index is 13.0. The fourth-order valence-electron chi connectivity index (χ4n) is 8.00. The average molecular weight is 1010 g/mol. The molecule has 0 amide bonds. The maximum absolute atomic E-state index is 13.0. The summed E-state index contributed by atoms with van der Waals surface area (Å²) in [6, 6.07) is 0. The number of rotatable bonds is 42. The summed E-state index contributed by atoms with van der Waals surface area (Å²) in [6.07, 6.45) is 26.7. The van der Waals surface area contributed by atoms with Crippen LogP contribution < -0.4 is 0 Å². The van der Waals surface area contributed by atoms with Crippen molar-refractivity contribution < 1.29 is 81.6 Å². The van der Waals surface area contributed by atoms with Crippen LogP contribution in [0.2, 0.25) is 0 Å². The summed E-state index contributed by atoms with van der Waals surface area (Å²) >= 11 is 0. The fourth-order valence-corrected chi connectivity index (χ4v) is 9.54. The monoisotopic (exact) mass is 1010 g/mol. The SMILES string of the molecule is CCCCC/C=C\C/C=C\CCCCCCCCCCCC(=O)O[C@H](COC(=O)CCCCCCCC1OC1C/C=C\CCCCC)COP(=O)(O)O[C@H]1C(O)C(O)C(O)[C@@H](OP(=O)(O)O)C1O. The molecule has 17 nitrogen and oxygen atoms in total. The fraction of sp³-hybridized carbons (Fsp3) is 0.837. The Labute approximate surface area is 406 Å². The van der Waals surface area contributed by atoms with Gasteiger partial charge in [-0.15, -0.1) is 0 Å². The Balaban J connectivity index is 1.76. The number of carbonyl (C=O) groups is 2. The van der Waals surface area contributed by atoms with E-state index in [9.17, 15) is 53.8 Å². The lowest BCUT2D eigenvalue weighted by Crippen LogP contribution is -2.64. The zero-order chi connectivity index (χ0) is 50.0. The Bertz CT molecular complexity index is 1520. The van der Waals surface area contributed by atoms with E-state index in [1.165, 1.54) is 57.8 Å². The molecule has 2 fully saturated rings. The number of aliphatic hydroxyl groups excluding tert-OH is 4. The highest BCUT2D eigenvalue weighted by Gasteiger charge is 2.54. The third-order valence-corrected chi connectivity index (χ3v) is 13.6. The maximum Gasteiger partial charge on any atom is 0.472 e. The summed E-state index contributed by atoms with van der Waals surface area (Å²) in [4.78, 5) is 54.5. The van der Waals surface area contributed by atoms with Crippen LogP contribution in [0.1, 0.15) is 194 Å². The number of phosphoric ester groups is 2. The minimum atomic E-state index is -5.37. The predicted molar refractivity (Wildman–Crippen MR) is 259 cm³/mol. The van der Waals surface area contributed by atoms with Crippen molar-refractivity contribution in [3.63, 3.8) is 0 Å². The minimum Gasteiger partial charge on any atom is -0.462 e. The second kappa shape index (κ2) is 37.0. The third-order valence-electron chi connectivity index (χ3n) is 12.1. The van der Waals surface area contributed by atoms with Gasteiger partial charge in [0.25, 0.3) is 0 Å². The summed E-state index contributed by atoms with van der Waals surface area (Å²) < 4.78 is 55.3. The first-order valence-corrected chi connectivity index (χ1v) is 28.7. The van der Waals surface area contributed by atoms with E-state index >= 15 is 0 Å². The molecule has 0 aromatic heterocycles. The first-order valence-electron chi connectivity index (χ1n) is 25.7. The van der Waals surface area contributed by atoms with Crippen molar-refractivity contribution in [1.82, 2.24) is 0 Å². The van der Waals surface area contributed by atoms with E-state index in [2.05, 4.69) is 54.8 Å². The lowest BCUT2D eigenvalue weighted by Gasteiger charge is -2.43. The highest BCUT2D eigenvalue weighted by atomic mass is 31.2. The van der Waals surface area contributed by atoms with Gasteiger partial charge in [-0.05, 0) is 70.6 Å². The summed E-state index contributed by atoms with van der Waals surface area (Å²) in [7, 11) is -10.7. The van der Waals surface area contributed by atoms with Gasteiger partial charge in [-0.3, -0.25) is 23.2 Å². The quantitative estimate of drug-likeness (QED) is 0.00987. The molecule has 0 aromatic rings. The largest absolute Gasteiger partial charge is 0.472 e. The molecule has 0 spiro atoms. The Morgan fingerprint density at radius 1 is 0.544 bits per heavy atom. The molecule has 1 saturated heterocycles. The molecule has 19 heteroatoms. The number of esters is 2. The molecule has 68 heavy (non-hydrogen) atoms. The molecule has 1 aliphatic carbocycles. The number of hydrogen-bond acceptors (Lipinski definition) is 14. The number of carbonyl (C=O) groups excluding carboxylic acids is 2. The van der Waals surface area contributed by atoms with Crippen LogP contribution >= 0.6 is 15.6 Å². The van der Waals surface area contributed by atoms with E-state index in [1.807, 2.05) is 0 Å². The number of hydrogen-bond donors (Lipinski definition) is 7. The van der Waals surface area contributed by atoms with Gasteiger partial charge < -0.3 is 49.3 Å². The molecule has 2 rings (SSSR count). The van der Waals surface area contributed by atoms with Crippen molar-refractivity contribution >= 4 is 27.6 Å². The van der Waals surface area contributed by atoms with Crippen molar-refractivity contribution in [2.24, 2.45) is 0 Å².